The van der Waals surface area contributed by atoms with Crippen LogP contribution in [0.4, 0.5) is 0 Å². The largest absolute Gasteiger partial charge is 0.462 e. The zero-order chi connectivity index (χ0) is 13.1. The zero-order valence-electron chi connectivity index (χ0n) is 10.6. The Morgan fingerprint density at radius 1 is 1.50 bits per heavy atom. The standard InChI is InChI=1S/C12H15N3O3/c1-4-18-12(16)10-6-13-15-8(2)5-9(7-17-3)14-11(10)15/h5-6H,4,7H2,1-3H3. The molecule has 0 N–H and O–H groups in total. The average Bonchev–Trinajstić information content (AvgIpc) is 2.74. The van der Waals surface area contributed by atoms with Gasteiger partial charge in [-0.05, 0) is 19.9 Å². The van der Waals surface area contributed by atoms with E-state index in [0.717, 1.165) is 11.4 Å². The van der Waals surface area contributed by atoms with Crippen molar-refractivity contribution >= 4 is 11.6 Å². The molecule has 0 radical (unpaired) electrons. The molecule has 0 spiro atoms. The van der Waals surface area contributed by atoms with Crippen LogP contribution in [0.3, 0.4) is 0 Å². The Morgan fingerprint density at radius 3 is 2.94 bits per heavy atom. The quantitative estimate of drug-likeness (QED) is 0.765. The van der Waals surface area contributed by atoms with E-state index in [1.165, 1.54) is 6.20 Å². The maximum Gasteiger partial charge on any atom is 0.343 e. The van der Waals surface area contributed by atoms with Gasteiger partial charge in [0, 0.05) is 12.8 Å². The highest BCUT2D eigenvalue weighted by Crippen LogP contribution is 2.13. The van der Waals surface area contributed by atoms with E-state index in [2.05, 4.69) is 10.1 Å². The fourth-order valence-corrected chi connectivity index (χ4v) is 1.75. The third-order valence-corrected chi connectivity index (χ3v) is 2.49. The average molecular weight is 249 g/mol. The lowest BCUT2D eigenvalue weighted by Crippen LogP contribution is -2.07. The van der Waals surface area contributed by atoms with Gasteiger partial charge in [-0.15, -0.1) is 0 Å². The Kier molecular flexibility index (Phi) is 3.57. The minimum Gasteiger partial charge on any atom is -0.462 e. The highest BCUT2D eigenvalue weighted by molar-refractivity contribution is 5.95. The molecule has 18 heavy (non-hydrogen) atoms. The molecule has 2 rings (SSSR count). The topological polar surface area (TPSA) is 65.7 Å². The van der Waals surface area contributed by atoms with Gasteiger partial charge in [0.15, 0.2) is 5.65 Å². The Morgan fingerprint density at radius 2 is 2.28 bits per heavy atom. The molecular formula is C12H15N3O3. The van der Waals surface area contributed by atoms with Gasteiger partial charge in [0.2, 0.25) is 0 Å². The molecule has 0 bridgehead atoms. The highest BCUT2D eigenvalue weighted by atomic mass is 16.5. The first kappa shape index (κ1) is 12.5. The summed E-state index contributed by atoms with van der Waals surface area (Å²) in [6.07, 6.45) is 1.48. The third kappa shape index (κ3) is 2.19. The molecule has 0 aliphatic heterocycles. The first-order valence-corrected chi connectivity index (χ1v) is 5.67. The minimum absolute atomic E-state index is 0.326. The lowest BCUT2D eigenvalue weighted by atomic mass is 10.3. The lowest BCUT2D eigenvalue weighted by Gasteiger charge is -2.04. The maximum atomic E-state index is 11.8. The predicted octanol–water partition coefficient (Wildman–Crippen LogP) is 1.36. The third-order valence-electron chi connectivity index (χ3n) is 2.49. The minimum atomic E-state index is -0.408. The van der Waals surface area contributed by atoms with Gasteiger partial charge in [-0.2, -0.15) is 5.10 Å². The van der Waals surface area contributed by atoms with Crippen molar-refractivity contribution in [2.24, 2.45) is 0 Å². The van der Waals surface area contributed by atoms with Gasteiger partial charge >= 0.3 is 5.97 Å². The number of nitrogens with zero attached hydrogens (tertiary/aromatic N) is 3. The molecule has 2 aromatic rings. The number of aromatic nitrogens is 3. The Balaban J connectivity index is 2.52. The van der Waals surface area contributed by atoms with Crippen LogP contribution in [0.1, 0.15) is 28.7 Å². The van der Waals surface area contributed by atoms with Crippen LogP contribution in [0.15, 0.2) is 12.3 Å². The molecule has 0 aliphatic carbocycles. The lowest BCUT2D eigenvalue weighted by molar-refractivity contribution is 0.0528. The van der Waals surface area contributed by atoms with E-state index in [1.54, 1.807) is 18.5 Å². The van der Waals surface area contributed by atoms with Crippen molar-refractivity contribution in [3.8, 4) is 0 Å². The van der Waals surface area contributed by atoms with Crippen molar-refractivity contribution in [3.05, 3.63) is 29.2 Å². The number of ether oxygens (including phenoxy) is 2. The van der Waals surface area contributed by atoms with Crippen molar-refractivity contribution in [3.63, 3.8) is 0 Å². The number of carbonyl (C=O) groups excluding carboxylic acids is 1. The van der Waals surface area contributed by atoms with E-state index >= 15 is 0 Å². The predicted molar refractivity (Wildman–Crippen MR) is 64.4 cm³/mol. The molecule has 96 valence electrons. The summed E-state index contributed by atoms with van der Waals surface area (Å²) in [6.45, 7) is 4.38. The number of hydrogen-bond donors (Lipinski definition) is 0. The fourth-order valence-electron chi connectivity index (χ4n) is 1.75. The molecule has 6 nitrogen and oxygen atoms in total. The van der Waals surface area contributed by atoms with Crippen LogP contribution in [0.5, 0.6) is 0 Å². The number of aryl methyl sites for hydroxylation is 1. The van der Waals surface area contributed by atoms with Gasteiger partial charge in [0.25, 0.3) is 0 Å². The molecule has 0 unspecified atom stereocenters. The van der Waals surface area contributed by atoms with Gasteiger partial charge in [-0.3, -0.25) is 0 Å². The second kappa shape index (κ2) is 5.14. The fraction of sp³-hybridized carbons (Fsp3) is 0.417. The molecule has 0 saturated carbocycles. The van der Waals surface area contributed by atoms with Crippen LogP contribution in [0, 0.1) is 6.92 Å². The normalized spacial score (nSPS) is 10.8. The number of carbonyl (C=O) groups is 1. The summed E-state index contributed by atoms with van der Waals surface area (Å²) in [5.74, 6) is -0.408. The Labute approximate surface area is 105 Å². The van der Waals surface area contributed by atoms with Crippen molar-refractivity contribution in [2.75, 3.05) is 13.7 Å². The van der Waals surface area contributed by atoms with Gasteiger partial charge < -0.3 is 9.47 Å². The highest BCUT2D eigenvalue weighted by Gasteiger charge is 2.16. The molecule has 0 fully saturated rings. The molecule has 0 aliphatic rings. The second-order valence-electron chi connectivity index (χ2n) is 3.84. The molecule has 0 saturated heterocycles. The summed E-state index contributed by atoms with van der Waals surface area (Å²) in [5.41, 5.74) is 2.52. The number of methoxy groups -OCH3 is 1. The Hall–Kier alpha value is -1.95. The first-order valence-electron chi connectivity index (χ1n) is 5.67. The molecule has 6 heteroatoms. The van der Waals surface area contributed by atoms with Crippen molar-refractivity contribution < 1.29 is 14.3 Å². The van der Waals surface area contributed by atoms with Gasteiger partial charge in [0.1, 0.15) is 5.56 Å². The SMILES string of the molecule is CCOC(=O)c1cnn2c(C)cc(COC)nc12. The summed E-state index contributed by atoms with van der Waals surface area (Å²) in [4.78, 5) is 16.1. The van der Waals surface area contributed by atoms with Gasteiger partial charge in [0.05, 0.1) is 25.1 Å². The van der Waals surface area contributed by atoms with E-state index in [1.807, 2.05) is 13.0 Å². The van der Waals surface area contributed by atoms with Crippen LogP contribution < -0.4 is 0 Å². The van der Waals surface area contributed by atoms with Crippen LogP contribution in [0.25, 0.3) is 5.65 Å². The summed E-state index contributed by atoms with van der Waals surface area (Å²) in [5, 5.41) is 4.14. The van der Waals surface area contributed by atoms with E-state index in [9.17, 15) is 4.79 Å². The summed E-state index contributed by atoms with van der Waals surface area (Å²) < 4.78 is 11.6. The van der Waals surface area contributed by atoms with E-state index < -0.39 is 5.97 Å². The number of hydrogen-bond acceptors (Lipinski definition) is 5. The van der Waals surface area contributed by atoms with E-state index in [0.29, 0.717) is 24.4 Å². The summed E-state index contributed by atoms with van der Waals surface area (Å²) >= 11 is 0. The monoisotopic (exact) mass is 249 g/mol. The molecule has 0 aromatic carbocycles. The van der Waals surface area contributed by atoms with Crippen LogP contribution in [-0.4, -0.2) is 34.3 Å². The molecule has 0 amide bonds. The molecule has 2 heterocycles. The van der Waals surface area contributed by atoms with Crippen molar-refractivity contribution in [1.29, 1.82) is 0 Å². The first-order chi connectivity index (χ1) is 8.67. The van der Waals surface area contributed by atoms with Crippen LogP contribution >= 0.6 is 0 Å². The zero-order valence-corrected chi connectivity index (χ0v) is 10.6. The molecule has 0 atom stereocenters. The number of rotatable bonds is 4. The smallest absolute Gasteiger partial charge is 0.343 e. The van der Waals surface area contributed by atoms with Gasteiger partial charge in [-0.25, -0.2) is 14.3 Å². The molecular weight excluding hydrogens is 234 g/mol. The number of esters is 1. The van der Waals surface area contributed by atoms with Crippen LogP contribution in [0.2, 0.25) is 0 Å². The molecule has 2 aromatic heterocycles. The second-order valence-corrected chi connectivity index (χ2v) is 3.84. The maximum absolute atomic E-state index is 11.8. The Bertz CT molecular complexity index is 577. The van der Waals surface area contributed by atoms with Gasteiger partial charge in [-0.1, -0.05) is 0 Å². The number of fused-ring (bicyclic) bond motifs is 1. The van der Waals surface area contributed by atoms with E-state index in [4.69, 9.17) is 9.47 Å². The summed E-state index contributed by atoms with van der Waals surface area (Å²) in [7, 11) is 1.60. The van der Waals surface area contributed by atoms with E-state index in [-0.39, 0.29) is 0 Å². The summed E-state index contributed by atoms with van der Waals surface area (Å²) in [6, 6.07) is 1.87. The van der Waals surface area contributed by atoms with Crippen molar-refractivity contribution in [2.45, 2.75) is 20.5 Å². The van der Waals surface area contributed by atoms with Crippen molar-refractivity contribution in [1.82, 2.24) is 14.6 Å². The van der Waals surface area contributed by atoms with Crippen LogP contribution in [-0.2, 0) is 16.1 Å².